The van der Waals surface area contributed by atoms with Crippen LogP contribution in [-0.4, -0.2) is 58.1 Å². The van der Waals surface area contributed by atoms with Gasteiger partial charge in [0.15, 0.2) is 11.5 Å². The number of hydrogen-bond donors (Lipinski definition) is 3. The summed E-state index contributed by atoms with van der Waals surface area (Å²) >= 11 is 0. The molecule has 200 valence electrons. The van der Waals surface area contributed by atoms with Crippen LogP contribution >= 0.6 is 0 Å². The van der Waals surface area contributed by atoms with Gasteiger partial charge >= 0.3 is 0 Å². The molecule has 1 aliphatic rings. The van der Waals surface area contributed by atoms with Crippen LogP contribution in [0.4, 0.5) is 11.6 Å². The summed E-state index contributed by atoms with van der Waals surface area (Å²) in [7, 11) is 3.42. The lowest BCUT2D eigenvalue weighted by atomic mass is 10.1. The summed E-state index contributed by atoms with van der Waals surface area (Å²) in [6.45, 7) is 5.68. The van der Waals surface area contributed by atoms with Crippen LogP contribution in [0.25, 0.3) is 33.3 Å². The fourth-order valence-corrected chi connectivity index (χ4v) is 4.37. The highest BCUT2D eigenvalue weighted by molar-refractivity contribution is 5.96. The second-order valence-electron chi connectivity index (χ2n) is 9.43. The Morgan fingerprint density at radius 1 is 1.08 bits per heavy atom. The maximum atomic E-state index is 13.0. The molecule has 10 heteroatoms. The minimum Gasteiger partial charge on any atom is -0.441 e. The quantitative estimate of drug-likeness (QED) is 0.290. The van der Waals surface area contributed by atoms with Gasteiger partial charge in [-0.15, -0.1) is 0 Å². The fourth-order valence-electron chi connectivity index (χ4n) is 4.37. The number of aryl methyl sites for hydroxylation is 2. The molecule has 0 aliphatic carbocycles. The molecule has 10 nitrogen and oxygen atoms in total. The minimum atomic E-state index is -0.273. The van der Waals surface area contributed by atoms with Crippen molar-refractivity contribution < 1.29 is 16.8 Å². The second kappa shape index (κ2) is 10.5. The predicted molar refractivity (Wildman–Crippen MR) is 151 cm³/mol. The molecule has 5 aromatic rings. The average Bonchev–Trinajstić information content (AvgIpc) is 3.65. The average molecular weight is 519 g/mol. The summed E-state index contributed by atoms with van der Waals surface area (Å²) in [4.78, 5) is 41.4. The molecular formula is C28H34N6O4. The normalized spacial score (nSPS) is 12.9. The maximum absolute atomic E-state index is 13.0. The number of rotatable bonds is 4. The first-order valence-electron chi connectivity index (χ1n) is 12.5. The molecule has 0 radical (unpaired) electrons. The van der Waals surface area contributed by atoms with Crippen molar-refractivity contribution in [3.63, 3.8) is 0 Å². The van der Waals surface area contributed by atoms with Crippen LogP contribution < -0.4 is 10.9 Å². The zero-order valence-electron chi connectivity index (χ0n) is 21.8. The van der Waals surface area contributed by atoms with Crippen molar-refractivity contribution in [2.45, 2.75) is 26.7 Å². The van der Waals surface area contributed by atoms with Gasteiger partial charge in [-0.25, -0.2) is 4.98 Å². The van der Waals surface area contributed by atoms with Crippen LogP contribution in [-0.2, 0) is 4.74 Å². The number of oxazole rings is 1. The number of carbonyl (C=O) groups excluding carboxylic acids is 1. The van der Waals surface area contributed by atoms with Crippen molar-refractivity contribution in [2.75, 3.05) is 32.6 Å². The zero-order chi connectivity index (χ0) is 26.8. The number of fused-ring (bicyclic) bond motifs is 2. The minimum absolute atomic E-state index is 0. The summed E-state index contributed by atoms with van der Waals surface area (Å²) < 4.78 is 10.6. The van der Waals surface area contributed by atoms with E-state index in [1.54, 1.807) is 45.4 Å². The van der Waals surface area contributed by atoms with Crippen LogP contribution in [0.5, 0.6) is 0 Å². The highest BCUT2D eigenvalue weighted by Crippen LogP contribution is 2.29. The van der Waals surface area contributed by atoms with E-state index in [2.05, 4.69) is 25.3 Å². The first-order valence-corrected chi connectivity index (χ1v) is 12.5. The Morgan fingerprint density at radius 2 is 1.87 bits per heavy atom. The van der Waals surface area contributed by atoms with Gasteiger partial charge < -0.3 is 24.4 Å². The van der Waals surface area contributed by atoms with E-state index in [-0.39, 0.29) is 14.3 Å². The van der Waals surface area contributed by atoms with E-state index >= 15 is 0 Å². The third-order valence-corrected chi connectivity index (χ3v) is 6.31. The van der Waals surface area contributed by atoms with Gasteiger partial charge in [0, 0.05) is 60.1 Å². The van der Waals surface area contributed by atoms with Gasteiger partial charge in [-0.3, -0.25) is 14.6 Å². The molecule has 0 atom stereocenters. The van der Waals surface area contributed by atoms with Crippen molar-refractivity contribution in [1.82, 2.24) is 24.8 Å². The molecule has 4 heterocycles. The number of benzene rings is 2. The van der Waals surface area contributed by atoms with Gasteiger partial charge in [-0.05, 0) is 61.2 Å². The van der Waals surface area contributed by atoms with E-state index in [1.165, 1.54) is 17.7 Å². The Hall–Kier alpha value is -4.44. The molecule has 38 heavy (non-hydrogen) atoms. The number of aromatic nitrogens is 4. The van der Waals surface area contributed by atoms with E-state index in [9.17, 15) is 9.59 Å². The molecule has 0 saturated carbocycles. The third kappa shape index (κ3) is 5.16. The smallest absolute Gasteiger partial charge is 0.262 e. The van der Waals surface area contributed by atoms with Crippen LogP contribution in [0.15, 0.2) is 51.8 Å². The lowest BCUT2D eigenvalue weighted by Gasteiger charge is -2.13. The van der Waals surface area contributed by atoms with Crippen LogP contribution in [0.3, 0.4) is 0 Å². The van der Waals surface area contributed by atoms with E-state index in [1.807, 2.05) is 25.1 Å². The summed E-state index contributed by atoms with van der Waals surface area (Å²) in [6.07, 6.45) is 4.31. The first-order chi connectivity index (χ1) is 18.3. The molecule has 1 saturated heterocycles. The lowest BCUT2D eigenvalue weighted by Crippen LogP contribution is -2.21. The van der Waals surface area contributed by atoms with Crippen molar-refractivity contribution in [2.24, 2.45) is 0 Å². The molecule has 1 aliphatic heterocycles. The van der Waals surface area contributed by atoms with Gasteiger partial charge in [0.05, 0.1) is 5.39 Å². The molecular weight excluding hydrogens is 484 g/mol. The molecule has 2 aromatic carbocycles. The van der Waals surface area contributed by atoms with Crippen LogP contribution in [0.1, 0.15) is 37.5 Å². The van der Waals surface area contributed by atoms with Gasteiger partial charge in [0.25, 0.3) is 11.5 Å². The van der Waals surface area contributed by atoms with E-state index in [0.29, 0.717) is 34.0 Å². The molecule has 0 spiro atoms. The Labute approximate surface area is 222 Å². The SMILES string of the molecule is C1CCOC1.Cc1nc2ccc(-c3c[nH]c4nc(Nc5ccc(C(=O)N(C)C)cc5C)[nH]c(=O)c34)cc2o1.[HH].[HH]. The fraction of sp³-hybridized carbons (Fsp3) is 0.286. The van der Waals surface area contributed by atoms with Crippen LogP contribution in [0, 0.1) is 13.8 Å². The Bertz CT molecular complexity index is 1680. The number of nitrogens with zero attached hydrogens (tertiary/aromatic N) is 3. The van der Waals surface area contributed by atoms with Gasteiger partial charge in [0.1, 0.15) is 11.2 Å². The number of amides is 1. The van der Waals surface area contributed by atoms with E-state index < -0.39 is 0 Å². The Balaban J connectivity index is 0.000000570. The topological polar surface area (TPSA) is 129 Å². The van der Waals surface area contributed by atoms with Gasteiger partial charge in [-0.1, -0.05) is 6.07 Å². The zero-order valence-corrected chi connectivity index (χ0v) is 21.8. The van der Waals surface area contributed by atoms with Gasteiger partial charge in [0.2, 0.25) is 5.95 Å². The summed E-state index contributed by atoms with van der Waals surface area (Å²) in [5, 5.41) is 3.60. The lowest BCUT2D eigenvalue weighted by molar-refractivity contribution is 0.0827. The Kier molecular flexibility index (Phi) is 6.97. The molecule has 3 N–H and O–H groups in total. The molecule has 3 aromatic heterocycles. The van der Waals surface area contributed by atoms with Crippen molar-refractivity contribution in [3.8, 4) is 11.1 Å². The molecule has 6 rings (SSSR count). The van der Waals surface area contributed by atoms with Gasteiger partial charge in [-0.2, -0.15) is 4.98 Å². The maximum Gasteiger partial charge on any atom is 0.262 e. The number of ether oxygens (including phenoxy) is 1. The molecule has 1 amide bonds. The monoisotopic (exact) mass is 518 g/mol. The number of carbonyl (C=O) groups is 1. The largest absolute Gasteiger partial charge is 0.441 e. The standard InChI is InChI=1S/C24H22N6O3.C4H8O.2H2/c1-12-9-15(23(32)30(3)4)6-7-17(12)27-24-28-21-20(22(31)29-24)16(11-25-21)14-5-8-18-19(10-14)33-13(2)26-18;1-2-4-5-3-1;;/h5-11H,1-4H3,(H3,25,27,28,29,31);1-4H2;2*1H. The summed E-state index contributed by atoms with van der Waals surface area (Å²) in [5.41, 5.74) is 5.36. The number of H-pyrrole nitrogens is 2. The van der Waals surface area contributed by atoms with Crippen molar-refractivity contribution in [3.05, 3.63) is 70.0 Å². The van der Waals surface area contributed by atoms with Crippen LogP contribution in [0.2, 0.25) is 0 Å². The summed E-state index contributed by atoms with van der Waals surface area (Å²) in [6, 6.07) is 11.0. The highest BCUT2D eigenvalue weighted by atomic mass is 16.5. The van der Waals surface area contributed by atoms with Crippen molar-refractivity contribution in [1.29, 1.82) is 0 Å². The van der Waals surface area contributed by atoms with E-state index in [4.69, 9.17) is 9.15 Å². The number of aromatic amines is 2. The molecule has 1 fully saturated rings. The number of anilines is 2. The third-order valence-electron chi connectivity index (χ3n) is 6.31. The number of nitrogens with one attached hydrogen (secondary N) is 3. The predicted octanol–water partition coefficient (Wildman–Crippen LogP) is 5.41. The highest BCUT2D eigenvalue weighted by Gasteiger charge is 2.15. The molecule has 0 unspecified atom stereocenters. The first kappa shape index (κ1) is 25.2. The summed E-state index contributed by atoms with van der Waals surface area (Å²) in [5.74, 6) is 0.818. The van der Waals surface area contributed by atoms with E-state index in [0.717, 1.165) is 41.1 Å². The Morgan fingerprint density at radius 3 is 2.55 bits per heavy atom. The van der Waals surface area contributed by atoms with Crippen molar-refractivity contribution >= 4 is 39.7 Å². The molecule has 0 bridgehead atoms. The number of hydrogen-bond acceptors (Lipinski definition) is 7. The second-order valence-corrected chi connectivity index (χ2v) is 9.43.